The van der Waals surface area contributed by atoms with Crippen molar-refractivity contribution in [1.82, 2.24) is 4.37 Å². The van der Waals surface area contributed by atoms with Gasteiger partial charge in [0.25, 0.3) is 0 Å². The molecule has 1 heterocycles. The van der Waals surface area contributed by atoms with Gasteiger partial charge in [0.05, 0.1) is 5.69 Å². The Morgan fingerprint density at radius 1 is 1.39 bits per heavy atom. The second-order valence-corrected chi connectivity index (χ2v) is 5.05. The van der Waals surface area contributed by atoms with E-state index in [4.69, 9.17) is 5.26 Å². The molecule has 4 heteroatoms. The summed E-state index contributed by atoms with van der Waals surface area (Å²) < 4.78 is 4.19. The Morgan fingerprint density at radius 2 is 2.11 bits per heavy atom. The van der Waals surface area contributed by atoms with E-state index < -0.39 is 0 Å². The van der Waals surface area contributed by atoms with Crippen LogP contribution in [0.4, 0.5) is 5.00 Å². The zero-order valence-corrected chi connectivity index (χ0v) is 11.3. The molecule has 0 saturated carbocycles. The van der Waals surface area contributed by atoms with Crippen molar-refractivity contribution in [3.05, 3.63) is 47.2 Å². The van der Waals surface area contributed by atoms with Crippen LogP contribution in [0.2, 0.25) is 0 Å². The highest BCUT2D eigenvalue weighted by atomic mass is 32.1. The fourth-order valence-corrected chi connectivity index (χ4v) is 2.52. The van der Waals surface area contributed by atoms with Gasteiger partial charge >= 0.3 is 0 Å². The molecule has 0 amide bonds. The molecule has 1 atom stereocenters. The van der Waals surface area contributed by atoms with Crippen molar-refractivity contribution in [3.8, 4) is 6.07 Å². The molecular weight excluding hydrogens is 242 g/mol. The molecular formula is C14H15N3S. The lowest BCUT2D eigenvalue weighted by atomic mass is 10.0. The van der Waals surface area contributed by atoms with Gasteiger partial charge in [-0.05, 0) is 29.9 Å². The summed E-state index contributed by atoms with van der Waals surface area (Å²) in [5.41, 5.74) is 2.77. The largest absolute Gasteiger partial charge is 0.374 e. The number of hydrogen-bond acceptors (Lipinski definition) is 4. The summed E-state index contributed by atoms with van der Waals surface area (Å²) in [7, 11) is 0. The van der Waals surface area contributed by atoms with E-state index in [0.29, 0.717) is 11.5 Å². The third-order valence-corrected chi connectivity index (χ3v) is 3.81. The first kappa shape index (κ1) is 12.6. The molecule has 2 aromatic rings. The molecule has 0 aliphatic carbocycles. The molecule has 1 aromatic heterocycles. The Kier molecular flexibility index (Phi) is 3.96. The van der Waals surface area contributed by atoms with Crippen LogP contribution in [0, 0.1) is 18.3 Å². The molecule has 2 rings (SSSR count). The number of rotatable bonds is 4. The fourth-order valence-electron chi connectivity index (χ4n) is 1.77. The van der Waals surface area contributed by atoms with Crippen molar-refractivity contribution in [2.45, 2.75) is 19.8 Å². The molecule has 1 N–H and O–H groups in total. The van der Waals surface area contributed by atoms with Gasteiger partial charge < -0.3 is 5.32 Å². The molecule has 0 aliphatic heterocycles. The highest BCUT2D eigenvalue weighted by molar-refractivity contribution is 7.10. The van der Waals surface area contributed by atoms with E-state index in [1.165, 1.54) is 17.1 Å². The van der Waals surface area contributed by atoms with Crippen LogP contribution in [0.1, 0.15) is 29.7 Å². The molecule has 0 saturated heterocycles. The van der Waals surface area contributed by atoms with Crippen molar-refractivity contribution < 1.29 is 0 Å². The van der Waals surface area contributed by atoms with Gasteiger partial charge in [0.15, 0.2) is 0 Å². The minimum Gasteiger partial charge on any atom is -0.374 e. The highest BCUT2D eigenvalue weighted by Crippen LogP contribution is 2.24. The van der Waals surface area contributed by atoms with Crippen LogP contribution in [-0.4, -0.2) is 10.9 Å². The Labute approximate surface area is 111 Å². The predicted octanol–water partition coefficient (Wildman–Crippen LogP) is 3.54. The lowest BCUT2D eigenvalue weighted by molar-refractivity contribution is 0.806. The van der Waals surface area contributed by atoms with E-state index in [1.54, 1.807) is 0 Å². The summed E-state index contributed by atoms with van der Waals surface area (Å²) in [5.74, 6) is 0.403. The number of benzene rings is 1. The molecule has 0 spiro atoms. The quantitative estimate of drug-likeness (QED) is 0.911. The van der Waals surface area contributed by atoms with Crippen molar-refractivity contribution in [2.24, 2.45) is 0 Å². The predicted molar refractivity (Wildman–Crippen MR) is 74.9 cm³/mol. The van der Waals surface area contributed by atoms with Crippen LogP contribution >= 0.6 is 11.5 Å². The smallest absolute Gasteiger partial charge is 0.127 e. The Bertz CT molecular complexity index is 554. The minimum absolute atomic E-state index is 0.403. The van der Waals surface area contributed by atoms with Crippen molar-refractivity contribution in [1.29, 1.82) is 5.26 Å². The summed E-state index contributed by atoms with van der Waals surface area (Å²) in [5, 5.41) is 13.2. The van der Waals surface area contributed by atoms with Gasteiger partial charge in [-0.15, -0.1) is 0 Å². The zero-order valence-electron chi connectivity index (χ0n) is 10.5. The van der Waals surface area contributed by atoms with Gasteiger partial charge in [0.2, 0.25) is 0 Å². The molecule has 1 aromatic carbocycles. The van der Waals surface area contributed by atoms with Gasteiger partial charge in [0, 0.05) is 6.54 Å². The lowest BCUT2D eigenvalue weighted by Crippen LogP contribution is -2.09. The maximum absolute atomic E-state index is 9.05. The fraction of sp³-hybridized carbons (Fsp3) is 0.286. The number of nitrogens with one attached hydrogen (secondary N) is 1. The molecule has 0 radical (unpaired) electrons. The average molecular weight is 257 g/mol. The van der Waals surface area contributed by atoms with E-state index in [0.717, 1.165) is 17.2 Å². The number of nitriles is 1. The second kappa shape index (κ2) is 5.65. The van der Waals surface area contributed by atoms with Crippen LogP contribution in [0.3, 0.4) is 0 Å². The summed E-state index contributed by atoms with van der Waals surface area (Å²) >= 11 is 1.35. The molecule has 18 heavy (non-hydrogen) atoms. The zero-order chi connectivity index (χ0) is 13.0. The van der Waals surface area contributed by atoms with Gasteiger partial charge in [-0.3, -0.25) is 0 Å². The number of anilines is 1. The Morgan fingerprint density at radius 3 is 2.78 bits per heavy atom. The number of nitrogens with zero attached hydrogens (tertiary/aromatic N) is 2. The molecule has 0 fully saturated rings. The number of aryl methyl sites for hydroxylation is 1. The molecule has 92 valence electrons. The number of aromatic nitrogens is 1. The highest BCUT2D eigenvalue weighted by Gasteiger charge is 2.11. The monoisotopic (exact) mass is 257 g/mol. The third kappa shape index (κ3) is 2.69. The Balaban J connectivity index is 2.02. The normalized spacial score (nSPS) is 11.8. The van der Waals surface area contributed by atoms with E-state index in [-0.39, 0.29) is 0 Å². The molecule has 0 aliphatic rings. The maximum Gasteiger partial charge on any atom is 0.127 e. The van der Waals surface area contributed by atoms with Crippen LogP contribution in [-0.2, 0) is 0 Å². The minimum atomic E-state index is 0.403. The third-order valence-electron chi connectivity index (χ3n) is 2.91. The van der Waals surface area contributed by atoms with Crippen molar-refractivity contribution in [3.63, 3.8) is 0 Å². The summed E-state index contributed by atoms with van der Waals surface area (Å²) in [6, 6.07) is 12.5. The summed E-state index contributed by atoms with van der Waals surface area (Å²) in [6.07, 6.45) is 0. The Hall–Kier alpha value is -1.86. The van der Waals surface area contributed by atoms with Crippen LogP contribution < -0.4 is 5.32 Å². The first-order valence-electron chi connectivity index (χ1n) is 5.87. The van der Waals surface area contributed by atoms with E-state index in [1.807, 2.05) is 25.1 Å². The van der Waals surface area contributed by atoms with Crippen LogP contribution in [0.5, 0.6) is 0 Å². The summed E-state index contributed by atoms with van der Waals surface area (Å²) in [4.78, 5) is 0. The standard InChI is InChI=1S/C14H15N3S/c1-10(12-6-4-3-5-7-12)9-16-14-13(8-15)11(2)17-18-14/h3-7,10,16H,9H2,1-2H3. The van der Waals surface area contributed by atoms with Crippen molar-refractivity contribution in [2.75, 3.05) is 11.9 Å². The molecule has 1 unspecified atom stereocenters. The topological polar surface area (TPSA) is 48.7 Å². The van der Waals surface area contributed by atoms with Gasteiger partial charge in [-0.25, -0.2) is 0 Å². The van der Waals surface area contributed by atoms with Crippen LogP contribution in [0.25, 0.3) is 0 Å². The van der Waals surface area contributed by atoms with E-state index in [9.17, 15) is 0 Å². The van der Waals surface area contributed by atoms with Crippen molar-refractivity contribution >= 4 is 16.5 Å². The first-order chi connectivity index (χ1) is 8.72. The van der Waals surface area contributed by atoms with Gasteiger partial charge in [-0.2, -0.15) is 9.64 Å². The average Bonchev–Trinajstić information content (AvgIpc) is 2.77. The number of hydrogen-bond donors (Lipinski definition) is 1. The van der Waals surface area contributed by atoms with Gasteiger partial charge in [-0.1, -0.05) is 37.3 Å². The van der Waals surface area contributed by atoms with E-state index in [2.05, 4.69) is 34.8 Å². The summed E-state index contributed by atoms with van der Waals surface area (Å²) in [6.45, 7) is 4.84. The van der Waals surface area contributed by atoms with E-state index >= 15 is 0 Å². The molecule has 3 nitrogen and oxygen atoms in total. The lowest BCUT2D eigenvalue weighted by Gasteiger charge is -2.12. The SMILES string of the molecule is Cc1nsc(NCC(C)c2ccccc2)c1C#N. The second-order valence-electron chi connectivity index (χ2n) is 4.28. The first-order valence-corrected chi connectivity index (χ1v) is 6.65. The van der Waals surface area contributed by atoms with Gasteiger partial charge in [0.1, 0.15) is 16.6 Å². The molecule has 0 bridgehead atoms. The maximum atomic E-state index is 9.05. The van der Waals surface area contributed by atoms with Crippen LogP contribution in [0.15, 0.2) is 30.3 Å².